The van der Waals surface area contributed by atoms with Gasteiger partial charge in [0.05, 0.1) is 19.8 Å². The molecule has 1 aromatic rings. The van der Waals surface area contributed by atoms with Gasteiger partial charge in [-0.3, -0.25) is 4.90 Å². The molecule has 5 nitrogen and oxygen atoms in total. The van der Waals surface area contributed by atoms with E-state index >= 15 is 0 Å². The van der Waals surface area contributed by atoms with Crippen molar-refractivity contribution in [2.45, 2.75) is 45.4 Å². The first-order chi connectivity index (χ1) is 12.1. The lowest BCUT2D eigenvalue weighted by Gasteiger charge is -2.53. The highest BCUT2D eigenvalue weighted by Crippen LogP contribution is 2.41. The Balaban J connectivity index is 1.70. The normalized spacial score (nSPS) is 27.9. The second kappa shape index (κ2) is 8.04. The van der Waals surface area contributed by atoms with Gasteiger partial charge in [-0.2, -0.15) is 0 Å². The summed E-state index contributed by atoms with van der Waals surface area (Å²) >= 11 is 0. The average molecular weight is 348 g/mol. The van der Waals surface area contributed by atoms with Crippen LogP contribution in [0, 0.1) is 5.41 Å². The van der Waals surface area contributed by atoms with E-state index in [4.69, 9.17) is 4.74 Å². The van der Waals surface area contributed by atoms with Gasteiger partial charge in [0, 0.05) is 30.1 Å². The first kappa shape index (κ1) is 18.6. The molecule has 1 aromatic carbocycles. The van der Waals surface area contributed by atoms with Crippen molar-refractivity contribution in [2.75, 3.05) is 39.9 Å². The standard InChI is InChI=1S/C20H32N2O3/c1-3-25-18-6-5-16(11-17(18)14-23)12-22-10-8-20(15-24)7-4-9-21(2)19(20)13-22/h5-6,11,19,23-24H,3-4,7-10,12-15H2,1-2H3/t19-,20-/m1/s1. The van der Waals surface area contributed by atoms with Crippen molar-refractivity contribution in [3.8, 4) is 5.75 Å². The first-order valence-electron chi connectivity index (χ1n) is 9.51. The highest BCUT2D eigenvalue weighted by atomic mass is 16.5. The average Bonchev–Trinajstić information content (AvgIpc) is 2.64. The van der Waals surface area contributed by atoms with Crippen LogP contribution < -0.4 is 4.74 Å². The van der Waals surface area contributed by atoms with E-state index in [1.807, 2.05) is 13.0 Å². The molecule has 2 aliphatic heterocycles. The molecule has 2 atom stereocenters. The molecule has 2 heterocycles. The zero-order chi connectivity index (χ0) is 17.9. The van der Waals surface area contributed by atoms with Gasteiger partial charge in [0.2, 0.25) is 0 Å². The topological polar surface area (TPSA) is 56.2 Å². The molecule has 0 amide bonds. The van der Waals surface area contributed by atoms with Gasteiger partial charge in [0.15, 0.2) is 0 Å². The first-order valence-corrected chi connectivity index (χ1v) is 9.51. The SMILES string of the molecule is CCOc1ccc(CN2CC[C@@]3(CO)CCCN(C)[C@@H]3C2)cc1CO. The van der Waals surface area contributed by atoms with Crippen LogP contribution in [0.3, 0.4) is 0 Å². The molecule has 140 valence electrons. The van der Waals surface area contributed by atoms with Crippen molar-refractivity contribution in [1.82, 2.24) is 9.80 Å². The van der Waals surface area contributed by atoms with Crippen molar-refractivity contribution in [3.05, 3.63) is 29.3 Å². The number of fused-ring (bicyclic) bond motifs is 1. The maximum absolute atomic E-state index is 10.0. The van der Waals surface area contributed by atoms with Gasteiger partial charge in [-0.15, -0.1) is 0 Å². The van der Waals surface area contributed by atoms with Crippen molar-refractivity contribution in [3.63, 3.8) is 0 Å². The number of hydrogen-bond acceptors (Lipinski definition) is 5. The number of rotatable bonds is 6. The minimum Gasteiger partial charge on any atom is -0.494 e. The lowest BCUT2D eigenvalue weighted by molar-refractivity contribution is -0.0684. The molecule has 3 rings (SSSR count). The van der Waals surface area contributed by atoms with E-state index in [9.17, 15) is 10.2 Å². The van der Waals surface area contributed by atoms with Gasteiger partial charge < -0.3 is 19.8 Å². The third-order valence-corrected chi connectivity index (χ3v) is 6.10. The van der Waals surface area contributed by atoms with E-state index in [0.29, 0.717) is 19.3 Å². The van der Waals surface area contributed by atoms with Crippen molar-refractivity contribution in [2.24, 2.45) is 5.41 Å². The van der Waals surface area contributed by atoms with Gasteiger partial charge in [-0.25, -0.2) is 0 Å². The molecule has 25 heavy (non-hydrogen) atoms. The molecule has 0 unspecified atom stereocenters. The quantitative estimate of drug-likeness (QED) is 0.822. The number of aliphatic hydroxyl groups is 2. The molecule has 0 spiro atoms. The second-order valence-corrected chi connectivity index (χ2v) is 7.64. The zero-order valence-electron chi connectivity index (χ0n) is 15.6. The van der Waals surface area contributed by atoms with Crippen molar-refractivity contribution < 1.29 is 14.9 Å². The third kappa shape index (κ3) is 3.85. The number of piperidine rings is 2. The third-order valence-electron chi connectivity index (χ3n) is 6.10. The highest BCUT2D eigenvalue weighted by molar-refractivity contribution is 5.37. The van der Waals surface area contributed by atoms with E-state index in [0.717, 1.165) is 50.3 Å². The Morgan fingerprint density at radius 3 is 2.80 bits per heavy atom. The van der Waals surface area contributed by atoms with E-state index in [1.54, 1.807) is 0 Å². The summed E-state index contributed by atoms with van der Waals surface area (Å²) in [4.78, 5) is 4.92. The molecule has 0 bridgehead atoms. The monoisotopic (exact) mass is 348 g/mol. The molecular formula is C20H32N2O3. The Kier molecular flexibility index (Phi) is 6.00. The second-order valence-electron chi connectivity index (χ2n) is 7.64. The van der Waals surface area contributed by atoms with Crippen LogP contribution in [-0.4, -0.2) is 66.0 Å². The van der Waals surface area contributed by atoms with Crippen molar-refractivity contribution in [1.29, 1.82) is 0 Å². The van der Waals surface area contributed by atoms with Gasteiger partial charge in [0.1, 0.15) is 5.75 Å². The number of benzene rings is 1. The van der Waals surface area contributed by atoms with Crippen molar-refractivity contribution >= 4 is 0 Å². The van der Waals surface area contributed by atoms with Gasteiger partial charge >= 0.3 is 0 Å². The Labute approximate surface area is 151 Å². The summed E-state index contributed by atoms with van der Waals surface area (Å²) in [5, 5.41) is 19.6. The minimum absolute atomic E-state index is 0.00214. The number of likely N-dealkylation sites (tertiary alicyclic amines) is 2. The summed E-state index contributed by atoms with van der Waals surface area (Å²) in [5.41, 5.74) is 2.15. The minimum atomic E-state index is 0.00214. The van der Waals surface area contributed by atoms with Crippen LogP contribution in [0.15, 0.2) is 18.2 Å². The van der Waals surface area contributed by atoms with Crippen LogP contribution >= 0.6 is 0 Å². The van der Waals surface area contributed by atoms with Crippen LogP contribution in [-0.2, 0) is 13.2 Å². The van der Waals surface area contributed by atoms with E-state index in [1.165, 1.54) is 12.0 Å². The molecule has 0 radical (unpaired) electrons. The van der Waals surface area contributed by atoms with Crippen LogP contribution in [0.1, 0.15) is 37.3 Å². The molecule has 0 aliphatic carbocycles. The fraction of sp³-hybridized carbons (Fsp3) is 0.700. The van der Waals surface area contributed by atoms with Crippen LogP contribution in [0.2, 0.25) is 0 Å². The highest BCUT2D eigenvalue weighted by Gasteiger charge is 2.46. The van der Waals surface area contributed by atoms with Crippen LogP contribution in [0.5, 0.6) is 5.75 Å². The molecular weight excluding hydrogens is 316 g/mol. The molecule has 2 aliphatic rings. The number of nitrogens with zero attached hydrogens (tertiary/aromatic N) is 2. The smallest absolute Gasteiger partial charge is 0.124 e. The Bertz CT molecular complexity index is 580. The summed E-state index contributed by atoms with van der Waals surface area (Å²) in [6, 6.07) is 6.56. The predicted molar refractivity (Wildman–Crippen MR) is 98.6 cm³/mol. The Morgan fingerprint density at radius 2 is 2.08 bits per heavy atom. The molecule has 5 heteroatoms. The Morgan fingerprint density at radius 1 is 1.24 bits per heavy atom. The summed E-state index contributed by atoms with van der Waals surface area (Å²) in [7, 11) is 2.19. The van der Waals surface area contributed by atoms with E-state index in [2.05, 4.69) is 29.0 Å². The lowest BCUT2D eigenvalue weighted by Crippen LogP contribution is -2.61. The zero-order valence-corrected chi connectivity index (χ0v) is 15.6. The molecule has 2 fully saturated rings. The molecule has 0 saturated carbocycles. The molecule has 2 N–H and O–H groups in total. The van der Waals surface area contributed by atoms with E-state index < -0.39 is 0 Å². The largest absolute Gasteiger partial charge is 0.494 e. The van der Waals surface area contributed by atoms with E-state index in [-0.39, 0.29) is 12.0 Å². The predicted octanol–water partition coefficient (Wildman–Crippen LogP) is 1.86. The number of ether oxygens (including phenoxy) is 1. The number of hydrogen-bond donors (Lipinski definition) is 2. The Hall–Kier alpha value is -1.14. The summed E-state index contributed by atoms with van der Waals surface area (Å²) in [6.45, 7) is 6.89. The molecule has 2 saturated heterocycles. The van der Waals surface area contributed by atoms with Crippen LogP contribution in [0.4, 0.5) is 0 Å². The number of aliphatic hydroxyl groups excluding tert-OH is 2. The van der Waals surface area contributed by atoms with Gasteiger partial charge in [-0.1, -0.05) is 6.07 Å². The molecule has 0 aromatic heterocycles. The van der Waals surface area contributed by atoms with Gasteiger partial charge in [-0.05, 0) is 64.0 Å². The van der Waals surface area contributed by atoms with Crippen LogP contribution in [0.25, 0.3) is 0 Å². The summed E-state index contributed by atoms with van der Waals surface area (Å²) in [5.74, 6) is 0.777. The maximum Gasteiger partial charge on any atom is 0.124 e. The lowest BCUT2D eigenvalue weighted by atomic mass is 9.69. The number of likely N-dealkylation sites (N-methyl/N-ethyl adjacent to an activating group) is 1. The van der Waals surface area contributed by atoms with Gasteiger partial charge in [0.25, 0.3) is 0 Å². The summed E-state index contributed by atoms with van der Waals surface area (Å²) in [6.07, 6.45) is 3.39. The fourth-order valence-corrected chi connectivity index (χ4v) is 4.63. The maximum atomic E-state index is 10.0. The fourth-order valence-electron chi connectivity index (χ4n) is 4.63. The summed E-state index contributed by atoms with van der Waals surface area (Å²) < 4.78 is 5.58.